The van der Waals surface area contributed by atoms with E-state index in [0.29, 0.717) is 12.3 Å². The molecule has 0 aliphatic carbocycles. The number of thiocarbonyl (C=S) groups is 1. The van der Waals surface area contributed by atoms with E-state index in [-0.39, 0.29) is 22.3 Å². The third-order valence-corrected chi connectivity index (χ3v) is 3.64. The number of carbonyl (C=O) groups is 1. The van der Waals surface area contributed by atoms with Gasteiger partial charge in [-0.15, -0.1) is 0 Å². The smallest absolute Gasteiger partial charge is 0.258 e. The van der Waals surface area contributed by atoms with Gasteiger partial charge >= 0.3 is 0 Å². The molecular weight excluding hydrogens is 357 g/mol. The molecule has 0 atom stereocenters. The zero-order valence-corrected chi connectivity index (χ0v) is 15.1. The Balaban J connectivity index is 1.89. The maximum Gasteiger partial charge on any atom is 0.258 e. The average Bonchev–Trinajstić information content (AvgIpc) is 2.60. The predicted molar refractivity (Wildman–Crippen MR) is 101 cm³/mol. The molecule has 26 heavy (non-hydrogen) atoms. The lowest BCUT2D eigenvalue weighted by atomic mass is 10.2. The van der Waals surface area contributed by atoms with E-state index < -0.39 is 11.7 Å². The van der Waals surface area contributed by atoms with Gasteiger partial charge in [0.15, 0.2) is 16.7 Å². The molecule has 0 aliphatic heterocycles. The van der Waals surface area contributed by atoms with E-state index in [2.05, 4.69) is 22.5 Å². The van der Waals surface area contributed by atoms with Gasteiger partial charge in [0, 0.05) is 24.0 Å². The highest BCUT2D eigenvalue weighted by Gasteiger charge is 2.10. The number of unbranched alkanes of at least 4 members (excludes halogenated alkanes) is 2. The minimum atomic E-state index is -0.511. The van der Waals surface area contributed by atoms with Crippen molar-refractivity contribution in [2.75, 3.05) is 11.9 Å². The number of pyridine rings is 1. The highest BCUT2D eigenvalue weighted by atomic mass is 32.1. The molecule has 2 rings (SSSR count). The molecule has 1 heterocycles. The molecule has 0 radical (unpaired) electrons. The summed E-state index contributed by atoms with van der Waals surface area (Å²) in [5, 5.41) is 14.3. The molecule has 1 aromatic heterocycles. The predicted octanol–water partition coefficient (Wildman–Crippen LogP) is 3.62. The first-order valence-corrected chi connectivity index (χ1v) is 8.60. The fraction of sp³-hybridized carbons (Fsp3) is 0.278. The van der Waals surface area contributed by atoms with Crippen LogP contribution in [0.25, 0.3) is 0 Å². The number of halogens is 1. The third-order valence-electron chi connectivity index (χ3n) is 3.43. The van der Waals surface area contributed by atoms with Crippen molar-refractivity contribution in [3.8, 4) is 11.6 Å². The number of ether oxygens (including phenoxy) is 1. The Hall–Kier alpha value is -2.74. The van der Waals surface area contributed by atoms with Crippen LogP contribution >= 0.6 is 12.2 Å². The summed E-state index contributed by atoms with van der Waals surface area (Å²) in [6, 6.07) is 7.07. The zero-order chi connectivity index (χ0) is 18.9. The topological polar surface area (TPSA) is 83.5 Å². The van der Waals surface area contributed by atoms with Crippen molar-refractivity contribution in [1.82, 2.24) is 10.3 Å². The SMILES string of the molecule is CCCCCOc1ccc(NC(=S)NC(=O)c2ccc(O)nc2)cc1F. The van der Waals surface area contributed by atoms with Gasteiger partial charge in [-0.3, -0.25) is 10.1 Å². The molecule has 6 nitrogen and oxygen atoms in total. The van der Waals surface area contributed by atoms with Crippen molar-refractivity contribution in [2.24, 2.45) is 0 Å². The van der Waals surface area contributed by atoms with Gasteiger partial charge < -0.3 is 15.2 Å². The minimum Gasteiger partial charge on any atom is -0.493 e. The van der Waals surface area contributed by atoms with Crippen molar-refractivity contribution < 1.29 is 19.0 Å². The Morgan fingerprint density at radius 2 is 2.12 bits per heavy atom. The summed E-state index contributed by atoms with van der Waals surface area (Å²) in [4.78, 5) is 15.6. The molecule has 0 bridgehead atoms. The lowest BCUT2D eigenvalue weighted by molar-refractivity contribution is 0.0977. The second kappa shape index (κ2) is 9.67. The molecule has 3 N–H and O–H groups in total. The molecule has 0 saturated heterocycles. The molecule has 138 valence electrons. The Labute approximate surface area is 156 Å². The van der Waals surface area contributed by atoms with Crippen LogP contribution in [0.4, 0.5) is 10.1 Å². The van der Waals surface area contributed by atoms with Crippen LogP contribution in [0.5, 0.6) is 11.6 Å². The van der Waals surface area contributed by atoms with Crippen molar-refractivity contribution >= 4 is 28.9 Å². The van der Waals surface area contributed by atoms with Gasteiger partial charge in [0.2, 0.25) is 5.88 Å². The van der Waals surface area contributed by atoms with Crippen LogP contribution in [-0.4, -0.2) is 27.7 Å². The van der Waals surface area contributed by atoms with Crippen LogP contribution in [0.2, 0.25) is 0 Å². The number of rotatable bonds is 7. The van der Waals surface area contributed by atoms with Gasteiger partial charge in [-0.05, 0) is 36.8 Å². The maximum atomic E-state index is 14.0. The van der Waals surface area contributed by atoms with E-state index in [1.165, 1.54) is 30.5 Å². The molecule has 0 spiro atoms. The zero-order valence-electron chi connectivity index (χ0n) is 14.3. The second-order valence-electron chi connectivity index (χ2n) is 5.51. The largest absolute Gasteiger partial charge is 0.493 e. The highest BCUT2D eigenvalue weighted by Crippen LogP contribution is 2.21. The van der Waals surface area contributed by atoms with Crippen molar-refractivity contribution in [3.05, 3.63) is 47.9 Å². The van der Waals surface area contributed by atoms with Gasteiger partial charge in [0.25, 0.3) is 5.91 Å². The fourth-order valence-electron chi connectivity index (χ4n) is 2.09. The molecular formula is C18H20FN3O3S. The van der Waals surface area contributed by atoms with E-state index in [1.807, 2.05) is 0 Å². The van der Waals surface area contributed by atoms with E-state index in [4.69, 9.17) is 22.1 Å². The summed E-state index contributed by atoms with van der Waals surface area (Å²) < 4.78 is 19.4. The van der Waals surface area contributed by atoms with E-state index >= 15 is 0 Å². The average molecular weight is 377 g/mol. The summed E-state index contributed by atoms with van der Waals surface area (Å²) in [6.45, 7) is 2.55. The Morgan fingerprint density at radius 1 is 1.31 bits per heavy atom. The van der Waals surface area contributed by atoms with Gasteiger partial charge in [-0.1, -0.05) is 19.8 Å². The summed E-state index contributed by atoms with van der Waals surface area (Å²) in [5.41, 5.74) is 0.617. The first-order chi connectivity index (χ1) is 12.5. The Morgan fingerprint density at radius 3 is 2.77 bits per heavy atom. The summed E-state index contributed by atoms with van der Waals surface area (Å²) in [7, 11) is 0. The van der Waals surface area contributed by atoms with Crippen molar-refractivity contribution in [2.45, 2.75) is 26.2 Å². The standard InChI is InChI=1S/C18H20FN3O3S/c1-2-3-4-9-25-15-7-6-13(10-14(15)19)21-18(26)22-17(24)12-5-8-16(23)20-11-12/h5-8,10-11H,2-4,9H2,1H3,(H,20,23)(H2,21,22,24,26). The van der Waals surface area contributed by atoms with Crippen LogP contribution in [0.3, 0.4) is 0 Å². The summed E-state index contributed by atoms with van der Waals surface area (Å²) >= 11 is 5.05. The van der Waals surface area contributed by atoms with Crippen LogP contribution in [0, 0.1) is 5.82 Å². The number of aromatic hydroxyl groups is 1. The lowest BCUT2D eigenvalue weighted by Crippen LogP contribution is -2.34. The molecule has 0 fully saturated rings. The first kappa shape index (κ1) is 19.6. The summed E-state index contributed by atoms with van der Waals surface area (Å²) in [6.07, 6.45) is 4.19. The molecule has 0 unspecified atom stereocenters. The van der Waals surface area contributed by atoms with Gasteiger partial charge in [0.05, 0.1) is 12.2 Å². The van der Waals surface area contributed by atoms with Crippen molar-refractivity contribution in [3.63, 3.8) is 0 Å². The Bertz CT molecular complexity index is 769. The van der Waals surface area contributed by atoms with Crippen LogP contribution < -0.4 is 15.4 Å². The van der Waals surface area contributed by atoms with E-state index in [0.717, 1.165) is 19.3 Å². The molecule has 2 aromatic rings. The number of nitrogens with one attached hydrogen (secondary N) is 2. The summed E-state index contributed by atoms with van der Waals surface area (Å²) in [5.74, 6) is -1.01. The fourth-order valence-corrected chi connectivity index (χ4v) is 2.30. The highest BCUT2D eigenvalue weighted by molar-refractivity contribution is 7.80. The molecule has 1 amide bonds. The monoisotopic (exact) mass is 377 g/mol. The van der Waals surface area contributed by atoms with Gasteiger partial charge in [0.1, 0.15) is 0 Å². The van der Waals surface area contributed by atoms with Crippen LogP contribution in [0.1, 0.15) is 36.5 Å². The maximum absolute atomic E-state index is 14.0. The number of hydrogen-bond donors (Lipinski definition) is 3. The Kier molecular flexibility index (Phi) is 7.28. The van der Waals surface area contributed by atoms with Gasteiger partial charge in [-0.2, -0.15) is 0 Å². The van der Waals surface area contributed by atoms with E-state index in [1.54, 1.807) is 6.07 Å². The quantitative estimate of drug-likeness (QED) is 0.505. The van der Waals surface area contributed by atoms with Crippen LogP contribution in [-0.2, 0) is 0 Å². The molecule has 0 aliphatic rings. The molecule has 8 heteroatoms. The number of benzene rings is 1. The third kappa shape index (κ3) is 5.96. The molecule has 1 aromatic carbocycles. The first-order valence-electron chi connectivity index (χ1n) is 8.19. The number of carbonyl (C=O) groups excluding carboxylic acids is 1. The van der Waals surface area contributed by atoms with E-state index in [9.17, 15) is 9.18 Å². The van der Waals surface area contributed by atoms with Gasteiger partial charge in [-0.25, -0.2) is 9.37 Å². The minimum absolute atomic E-state index is 0.0130. The lowest BCUT2D eigenvalue weighted by Gasteiger charge is -2.11. The number of hydrogen-bond acceptors (Lipinski definition) is 5. The van der Waals surface area contributed by atoms with Crippen molar-refractivity contribution in [1.29, 1.82) is 0 Å². The normalized spacial score (nSPS) is 10.2. The number of anilines is 1. The number of aromatic nitrogens is 1. The number of nitrogens with zero attached hydrogens (tertiary/aromatic N) is 1. The molecule has 0 saturated carbocycles. The number of amides is 1. The second-order valence-corrected chi connectivity index (χ2v) is 5.92. The van der Waals surface area contributed by atoms with Crippen LogP contribution in [0.15, 0.2) is 36.5 Å².